The number of carbonyl (C=O) groups excluding carboxylic acids is 1. The van der Waals surface area contributed by atoms with Crippen molar-refractivity contribution in [2.24, 2.45) is 0 Å². The minimum absolute atomic E-state index is 0.0930. The molecule has 11 heteroatoms. The molecule has 11 nitrogen and oxygen atoms in total. The van der Waals surface area contributed by atoms with Crippen LogP contribution in [-0.2, 0) is 11.2 Å². The van der Waals surface area contributed by atoms with Crippen LogP contribution in [0.15, 0.2) is 4.79 Å². The van der Waals surface area contributed by atoms with Gasteiger partial charge in [0, 0.05) is 31.9 Å². The first-order chi connectivity index (χ1) is 13.1. The highest BCUT2D eigenvalue weighted by Gasteiger charge is 2.28. The van der Waals surface area contributed by atoms with Gasteiger partial charge in [-0.25, -0.2) is 9.59 Å². The van der Waals surface area contributed by atoms with Crippen molar-refractivity contribution >= 4 is 23.5 Å². The Hall–Kier alpha value is -3.11. The van der Waals surface area contributed by atoms with Gasteiger partial charge < -0.3 is 24.6 Å². The predicted octanol–water partition coefficient (Wildman–Crippen LogP) is 0.735. The van der Waals surface area contributed by atoms with Crippen LogP contribution in [0.5, 0.6) is 0 Å². The number of carboxylic acid groups (broad SMARTS) is 1. The van der Waals surface area contributed by atoms with E-state index in [-0.39, 0.29) is 11.9 Å². The highest BCUT2D eigenvalue weighted by atomic mass is 16.6. The molecule has 28 heavy (non-hydrogen) atoms. The summed E-state index contributed by atoms with van der Waals surface area (Å²) in [5.74, 6) is -1.65. The molecule has 1 aliphatic rings. The molecule has 0 radical (unpaired) electrons. The van der Waals surface area contributed by atoms with Gasteiger partial charge in [0.25, 0.3) is 11.4 Å². The second kappa shape index (κ2) is 7.13. The molecule has 1 amide bonds. The van der Waals surface area contributed by atoms with Crippen molar-refractivity contribution in [2.45, 2.75) is 39.7 Å². The molecule has 3 heterocycles. The molecule has 0 atom stereocenters. The summed E-state index contributed by atoms with van der Waals surface area (Å²) in [6, 6.07) is 0. The fraction of sp³-hybridized carbons (Fsp3) is 0.588. The number of aryl methyl sites for hydroxylation is 1. The molecule has 152 valence electrons. The van der Waals surface area contributed by atoms with Crippen LogP contribution in [0.4, 0.5) is 10.5 Å². The van der Waals surface area contributed by atoms with Gasteiger partial charge in [0.05, 0.1) is 0 Å². The number of aromatic amines is 1. The van der Waals surface area contributed by atoms with Crippen LogP contribution in [-0.4, -0.2) is 73.4 Å². The molecular weight excluding hydrogens is 368 g/mol. The van der Waals surface area contributed by atoms with Gasteiger partial charge in [-0.15, -0.1) is 5.10 Å². The van der Waals surface area contributed by atoms with Gasteiger partial charge in [-0.2, -0.15) is 9.50 Å². The number of carbonyl (C=O) groups is 2. The molecule has 0 aliphatic carbocycles. The van der Waals surface area contributed by atoms with E-state index in [9.17, 15) is 14.4 Å². The van der Waals surface area contributed by atoms with E-state index < -0.39 is 23.0 Å². The van der Waals surface area contributed by atoms with Crippen molar-refractivity contribution in [2.75, 3.05) is 31.1 Å². The quantitative estimate of drug-likeness (QED) is 0.781. The van der Waals surface area contributed by atoms with Crippen molar-refractivity contribution in [1.82, 2.24) is 24.5 Å². The zero-order chi connectivity index (χ0) is 20.6. The minimum atomic E-state index is -1.30. The topological polar surface area (TPSA) is 133 Å². The standard InChI is InChI=1S/C17H24N6O5/c1-5-10-11(13(24)23-15(18-10)19-12(20-23)14(25)26)21-6-8-22(9-7-21)16(27)28-17(2,3)4/h5-9H2,1-4H3,(H,25,26)(H,18,19,20). The molecule has 3 rings (SSSR count). The van der Waals surface area contributed by atoms with Crippen LogP contribution < -0.4 is 10.5 Å². The molecule has 0 aromatic carbocycles. The molecule has 1 aliphatic heterocycles. The van der Waals surface area contributed by atoms with Gasteiger partial charge in [0.2, 0.25) is 5.78 Å². The molecule has 0 bridgehead atoms. The lowest BCUT2D eigenvalue weighted by Crippen LogP contribution is -2.51. The molecular formula is C17H24N6O5. The first kappa shape index (κ1) is 19.6. The fourth-order valence-electron chi connectivity index (χ4n) is 3.07. The lowest BCUT2D eigenvalue weighted by atomic mass is 10.2. The van der Waals surface area contributed by atoms with Gasteiger partial charge in [-0.1, -0.05) is 6.92 Å². The Morgan fingerprint density at radius 3 is 2.39 bits per heavy atom. The van der Waals surface area contributed by atoms with Crippen molar-refractivity contribution in [3.63, 3.8) is 0 Å². The number of hydrogen-bond acceptors (Lipinski definition) is 7. The fourth-order valence-corrected chi connectivity index (χ4v) is 3.07. The molecule has 0 unspecified atom stereocenters. The van der Waals surface area contributed by atoms with Crippen molar-refractivity contribution < 1.29 is 19.4 Å². The molecule has 0 spiro atoms. The monoisotopic (exact) mass is 392 g/mol. The molecule has 2 aromatic rings. The maximum absolute atomic E-state index is 12.9. The first-order valence-electron chi connectivity index (χ1n) is 9.09. The van der Waals surface area contributed by atoms with Gasteiger partial charge in [0.1, 0.15) is 11.3 Å². The van der Waals surface area contributed by atoms with Crippen molar-refractivity contribution in [3.8, 4) is 0 Å². The normalized spacial score (nSPS) is 15.1. The lowest BCUT2D eigenvalue weighted by Gasteiger charge is -2.36. The largest absolute Gasteiger partial charge is 0.475 e. The van der Waals surface area contributed by atoms with E-state index in [0.717, 1.165) is 4.52 Å². The zero-order valence-electron chi connectivity index (χ0n) is 16.4. The number of aromatic carboxylic acids is 1. The molecule has 1 fully saturated rings. The summed E-state index contributed by atoms with van der Waals surface area (Å²) in [5.41, 5.74) is 0.0605. The van der Waals surface area contributed by atoms with Crippen LogP contribution in [0.1, 0.15) is 44.0 Å². The molecule has 2 N–H and O–H groups in total. The van der Waals surface area contributed by atoms with Gasteiger partial charge in [-0.3, -0.25) is 4.79 Å². The minimum Gasteiger partial charge on any atom is -0.475 e. The predicted molar refractivity (Wildman–Crippen MR) is 100.0 cm³/mol. The Balaban J connectivity index is 1.86. The number of nitrogens with zero attached hydrogens (tertiary/aromatic N) is 5. The summed E-state index contributed by atoms with van der Waals surface area (Å²) in [5, 5.41) is 12.8. The Bertz CT molecular complexity index is 965. The second-order valence-electron chi connectivity index (χ2n) is 7.54. The third kappa shape index (κ3) is 3.78. The van der Waals surface area contributed by atoms with Gasteiger partial charge in [0.15, 0.2) is 0 Å². The Morgan fingerprint density at radius 2 is 1.86 bits per heavy atom. The highest BCUT2D eigenvalue weighted by molar-refractivity contribution is 5.83. The third-order valence-electron chi connectivity index (χ3n) is 4.34. The van der Waals surface area contributed by atoms with Crippen LogP contribution in [0, 0.1) is 0 Å². The Morgan fingerprint density at radius 1 is 1.21 bits per heavy atom. The van der Waals surface area contributed by atoms with E-state index >= 15 is 0 Å². The number of amides is 1. The maximum atomic E-state index is 12.9. The summed E-state index contributed by atoms with van der Waals surface area (Å²) < 4.78 is 6.36. The van der Waals surface area contributed by atoms with Crippen molar-refractivity contribution in [3.05, 3.63) is 21.9 Å². The average molecular weight is 392 g/mol. The van der Waals surface area contributed by atoms with Crippen LogP contribution >= 0.6 is 0 Å². The summed E-state index contributed by atoms with van der Waals surface area (Å²) in [6.45, 7) is 9.03. The third-order valence-corrected chi connectivity index (χ3v) is 4.34. The van der Waals surface area contributed by atoms with Crippen molar-refractivity contribution in [1.29, 1.82) is 0 Å². The average Bonchev–Trinajstić information content (AvgIpc) is 3.05. The van der Waals surface area contributed by atoms with Gasteiger partial charge >= 0.3 is 12.1 Å². The van der Waals surface area contributed by atoms with Crippen LogP contribution in [0.2, 0.25) is 0 Å². The number of fused-ring (bicyclic) bond motifs is 1. The number of hydrogen-bond donors (Lipinski definition) is 2. The van der Waals surface area contributed by atoms with Crippen LogP contribution in [0.3, 0.4) is 0 Å². The number of aromatic nitrogens is 4. The number of H-pyrrole nitrogens is 1. The summed E-state index contributed by atoms with van der Waals surface area (Å²) in [4.78, 5) is 46.6. The van der Waals surface area contributed by atoms with Crippen LogP contribution in [0.25, 0.3) is 5.78 Å². The summed E-state index contributed by atoms with van der Waals surface area (Å²) >= 11 is 0. The van der Waals surface area contributed by atoms with Gasteiger partial charge in [-0.05, 0) is 27.2 Å². The molecule has 0 saturated carbocycles. The summed E-state index contributed by atoms with van der Waals surface area (Å²) in [7, 11) is 0. The molecule has 1 saturated heterocycles. The number of carboxylic acids is 1. The number of rotatable bonds is 3. The second-order valence-corrected chi connectivity index (χ2v) is 7.54. The Kier molecular flexibility index (Phi) is 5.01. The van der Waals surface area contributed by atoms with E-state index in [0.29, 0.717) is 44.0 Å². The smallest absolute Gasteiger partial charge is 0.410 e. The number of anilines is 1. The summed E-state index contributed by atoms with van der Waals surface area (Å²) in [6.07, 6.45) is 0.150. The van der Waals surface area contributed by atoms with E-state index in [1.54, 1.807) is 4.90 Å². The lowest BCUT2D eigenvalue weighted by molar-refractivity contribution is 0.0240. The number of piperazine rings is 1. The maximum Gasteiger partial charge on any atom is 0.410 e. The zero-order valence-corrected chi connectivity index (χ0v) is 16.4. The first-order valence-corrected chi connectivity index (χ1v) is 9.09. The highest BCUT2D eigenvalue weighted by Crippen LogP contribution is 2.19. The van der Waals surface area contributed by atoms with E-state index in [1.807, 2.05) is 32.6 Å². The number of nitrogens with one attached hydrogen (secondary N) is 1. The van der Waals surface area contributed by atoms with E-state index in [1.165, 1.54) is 0 Å². The van der Waals surface area contributed by atoms with E-state index in [4.69, 9.17) is 9.84 Å². The van der Waals surface area contributed by atoms with E-state index in [2.05, 4.69) is 15.1 Å². The Labute approximate surface area is 160 Å². The SMILES string of the molecule is CCc1[nH]c2nc(C(=O)O)nn2c(=O)c1N1CCN(C(=O)OC(C)(C)C)CC1. The number of ether oxygens (including phenoxy) is 1. The molecule has 2 aromatic heterocycles.